The molecule has 0 spiro atoms. The molecule has 138 valence electrons. The van der Waals surface area contributed by atoms with Crippen molar-refractivity contribution in [1.82, 2.24) is 0 Å². The van der Waals surface area contributed by atoms with Crippen LogP contribution in [0.3, 0.4) is 0 Å². The lowest BCUT2D eigenvalue weighted by molar-refractivity contribution is 0.0814. The molecular weight excluding hydrogens is 1010 g/mol. The average Bonchev–Trinajstić information content (AvgIpc) is 2.61. The summed E-state index contributed by atoms with van der Waals surface area (Å²) >= 11 is 13.4. The minimum absolute atomic E-state index is 0.419. The second kappa shape index (κ2) is 9.53. The maximum Gasteiger partial charge on any atom is 0.235 e. The number of rotatable bonds is 3. The molecule has 0 aliphatic heterocycles. The first-order valence-corrected chi connectivity index (χ1v) is 13.8. The molecule has 0 bridgehead atoms. The van der Waals surface area contributed by atoms with Crippen LogP contribution in [0.4, 0.5) is 0 Å². The van der Waals surface area contributed by atoms with Crippen LogP contribution in [0, 0.1) is 49.1 Å². The summed E-state index contributed by atoms with van der Waals surface area (Å²) in [4.78, 5) is 26.5. The van der Waals surface area contributed by atoms with Crippen molar-refractivity contribution >= 4 is 147 Å². The third-order valence-corrected chi connectivity index (χ3v) is 12.8. The standard InChI is InChI=1S/C18H12I6O2/c1-5-11(19)6(2)14(22)9(13(5)21)17(25)18(26)10-15(23)7(3)12(20)8(4)16(10)24/h1-4H3. The third kappa shape index (κ3) is 4.29. The Morgan fingerprint density at radius 2 is 0.654 bits per heavy atom. The summed E-state index contributed by atoms with van der Waals surface area (Å²) in [7, 11) is 0. The second-order valence-electron chi connectivity index (χ2n) is 5.79. The van der Waals surface area contributed by atoms with Crippen molar-refractivity contribution < 1.29 is 9.59 Å². The lowest BCUT2D eigenvalue weighted by Gasteiger charge is -2.17. The Labute approximate surface area is 235 Å². The largest absolute Gasteiger partial charge is 0.285 e. The predicted molar refractivity (Wildman–Crippen MR) is 157 cm³/mol. The summed E-state index contributed by atoms with van der Waals surface area (Å²) in [6, 6.07) is 0. The van der Waals surface area contributed by atoms with Gasteiger partial charge in [-0.1, -0.05) is 0 Å². The predicted octanol–water partition coefficient (Wildman–Crippen LogP) is 7.61. The molecule has 0 aliphatic carbocycles. The molecule has 0 heterocycles. The first-order valence-electron chi connectivity index (χ1n) is 7.29. The van der Waals surface area contributed by atoms with Gasteiger partial charge in [0.2, 0.25) is 11.6 Å². The molecule has 2 aromatic carbocycles. The molecule has 2 rings (SSSR count). The second-order valence-corrected chi connectivity index (χ2v) is 12.3. The van der Waals surface area contributed by atoms with Gasteiger partial charge in [-0.05, 0) is 185 Å². The fourth-order valence-electron chi connectivity index (χ4n) is 2.52. The molecule has 0 saturated heterocycles. The molecule has 0 fully saturated rings. The minimum Gasteiger partial charge on any atom is -0.285 e. The van der Waals surface area contributed by atoms with Crippen molar-refractivity contribution in [3.63, 3.8) is 0 Å². The van der Waals surface area contributed by atoms with E-state index in [2.05, 4.69) is 136 Å². The maximum absolute atomic E-state index is 13.2. The highest BCUT2D eigenvalue weighted by atomic mass is 127. The van der Waals surface area contributed by atoms with E-state index in [4.69, 9.17) is 0 Å². The molecule has 0 radical (unpaired) electrons. The number of Topliss-reactive ketones (excluding diaryl/α,β-unsaturated/α-hetero) is 2. The third-order valence-electron chi connectivity index (χ3n) is 4.17. The Morgan fingerprint density at radius 3 is 0.846 bits per heavy atom. The van der Waals surface area contributed by atoms with Gasteiger partial charge in [0.15, 0.2) is 0 Å². The fraction of sp³-hybridized carbons (Fsp3) is 0.222. The highest BCUT2D eigenvalue weighted by Gasteiger charge is 2.30. The molecule has 0 saturated carbocycles. The zero-order chi connectivity index (χ0) is 20.1. The van der Waals surface area contributed by atoms with E-state index in [1.54, 1.807) is 0 Å². The highest BCUT2D eigenvalue weighted by molar-refractivity contribution is 14.1. The van der Waals surface area contributed by atoms with Crippen molar-refractivity contribution in [2.24, 2.45) is 0 Å². The van der Waals surface area contributed by atoms with Crippen molar-refractivity contribution in [1.29, 1.82) is 0 Å². The Balaban J connectivity index is 2.74. The summed E-state index contributed by atoms with van der Waals surface area (Å²) in [6.45, 7) is 8.00. The van der Waals surface area contributed by atoms with Gasteiger partial charge in [-0.15, -0.1) is 0 Å². The van der Waals surface area contributed by atoms with Gasteiger partial charge in [0, 0.05) is 21.4 Å². The molecule has 0 atom stereocenters. The van der Waals surface area contributed by atoms with Crippen molar-refractivity contribution in [2.45, 2.75) is 27.7 Å². The number of hydrogen-bond donors (Lipinski definition) is 0. The van der Waals surface area contributed by atoms with E-state index in [-0.39, 0.29) is 0 Å². The summed E-state index contributed by atoms with van der Waals surface area (Å²) < 4.78 is 5.75. The van der Waals surface area contributed by atoms with Gasteiger partial charge >= 0.3 is 0 Å². The van der Waals surface area contributed by atoms with E-state index in [9.17, 15) is 9.59 Å². The van der Waals surface area contributed by atoms with Gasteiger partial charge in [0.1, 0.15) is 0 Å². The van der Waals surface area contributed by atoms with Gasteiger partial charge < -0.3 is 0 Å². The zero-order valence-electron chi connectivity index (χ0n) is 14.1. The summed E-state index contributed by atoms with van der Waals surface area (Å²) in [5.74, 6) is -0.838. The van der Waals surface area contributed by atoms with Gasteiger partial charge in [0.05, 0.1) is 11.1 Å². The average molecular weight is 1020 g/mol. The van der Waals surface area contributed by atoms with Gasteiger partial charge in [-0.3, -0.25) is 9.59 Å². The molecular formula is C18H12I6O2. The molecule has 26 heavy (non-hydrogen) atoms. The van der Waals surface area contributed by atoms with E-state index >= 15 is 0 Å². The van der Waals surface area contributed by atoms with Crippen LogP contribution >= 0.6 is 136 Å². The molecule has 2 nitrogen and oxygen atoms in total. The van der Waals surface area contributed by atoms with Crippen LogP contribution in [-0.2, 0) is 0 Å². The molecule has 8 heteroatoms. The van der Waals surface area contributed by atoms with Crippen LogP contribution in [-0.4, -0.2) is 11.6 Å². The van der Waals surface area contributed by atoms with Crippen LogP contribution < -0.4 is 0 Å². The first kappa shape index (κ1) is 24.4. The number of carbonyl (C=O) groups is 2. The zero-order valence-corrected chi connectivity index (χ0v) is 27.0. The monoisotopic (exact) mass is 1020 g/mol. The SMILES string of the molecule is Cc1c(I)c(C)c(I)c(C(=O)C(=O)c2c(I)c(C)c(I)c(C)c2I)c1I. The van der Waals surface area contributed by atoms with Gasteiger partial charge in [-0.2, -0.15) is 0 Å². The van der Waals surface area contributed by atoms with Gasteiger partial charge in [0.25, 0.3) is 0 Å². The fourth-order valence-corrected chi connectivity index (χ4v) is 9.83. The Kier molecular flexibility index (Phi) is 8.96. The molecule has 0 aliphatic rings. The van der Waals surface area contributed by atoms with Gasteiger partial charge in [-0.25, -0.2) is 0 Å². The number of halogens is 6. The number of benzene rings is 2. The molecule has 0 N–H and O–H groups in total. The van der Waals surface area contributed by atoms with Crippen LogP contribution in [0.2, 0.25) is 0 Å². The van der Waals surface area contributed by atoms with Crippen LogP contribution in [0.1, 0.15) is 43.0 Å². The van der Waals surface area contributed by atoms with E-state index in [0.29, 0.717) is 11.1 Å². The van der Waals surface area contributed by atoms with Crippen LogP contribution in [0.5, 0.6) is 0 Å². The Hall–Kier alpha value is 2.16. The minimum atomic E-state index is -0.419. The maximum atomic E-state index is 13.2. The van der Waals surface area contributed by atoms with Crippen LogP contribution in [0.15, 0.2) is 0 Å². The van der Waals surface area contributed by atoms with E-state index < -0.39 is 11.6 Å². The lowest BCUT2D eigenvalue weighted by atomic mass is 9.96. The Bertz CT molecular complexity index is 841. The van der Waals surface area contributed by atoms with E-state index in [1.165, 1.54) is 0 Å². The quantitative estimate of drug-likeness (QED) is 0.181. The highest BCUT2D eigenvalue weighted by Crippen LogP contribution is 2.35. The van der Waals surface area contributed by atoms with Crippen molar-refractivity contribution in [3.05, 3.63) is 54.8 Å². The summed E-state index contributed by atoms with van der Waals surface area (Å²) in [5.41, 5.74) is 5.29. The summed E-state index contributed by atoms with van der Waals surface area (Å²) in [6.07, 6.45) is 0. The molecule has 0 unspecified atom stereocenters. The normalized spacial score (nSPS) is 11.0. The number of ketones is 2. The van der Waals surface area contributed by atoms with E-state index in [0.717, 1.165) is 43.7 Å². The lowest BCUT2D eigenvalue weighted by Crippen LogP contribution is -2.22. The van der Waals surface area contributed by atoms with Crippen molar-refractivity contribution in [3.8, 4) is 0 Å². The first-order chi connectivity index (χ1) is 11.9. The topological polar surface area (TPSA) is 34.1 Å². The molecule has 2 aromatic rings. The number of carbonyl (C=O) groups excluding carboxylic acids is 2. The molecule has 0 amide bonds. The molecule has 0 aromatic heterocycles. The van der Waals surface area contributed by atoms with Crippen molar-refractivity contribution in [2.75, 3.05) is 0 Å². The van der Waals surface area contributed by atoms with E-state index in [1.807, 2.05) is 27.7 Å². The smallest absolute Gasteiger partial charge is 0.235 e. The number of hydrogen-bond acceptors (Lipinski definition) is 2. The summed E-state index contributed by atoms with van der Waals surface area (Å²) in [5, 5.41) is 0. The van der Waals surface area contributed by atoms with Crippen LogP contribution in [0.25, 0.3) is 0 Å². The Morgan fingerprint density at radius 1 is 0.462 bits per heavy atom.